The van der Waals surface area contributed by atoms with Gasteiger partial charge in [0.2, 0.25) is 0 Å². The summed E-state index contributed by atoms with van der Waals surface area (Å²) in [7, 11) is 0. The fourth-order valence-electron chi connectivity index (χ4n) is 3.14. The number of carbonyl (C=O) groups excluding carboxylic acids is 1. The highest BCUT2D eigenvalue weighted by Gasteiger charge is 2.34. The Bertz CT molecular complexity index is 812. The molecule has 26 heavy (non-hydrogen) atoms. The molecule has 2 aromatic rings. The monoisotopic (exact) mass is 366 g/mol. The van der Waals surface area contributed by atoms with Gasteiger partial charge in [0.05, 0.1) is 11.5 Å². The Kier molecular flexibility index (Phi) is 5.24. The molecule has 1 aromatic heterocycles. The summed E-state index contributed by atoms with van der Waals surface area (Å²) < 4.78 is 5.46. The molecule has 0 bridgehead atoms. The minimum absolute atomic E-state index is 0.0113. The third kappa shape index (κ3) is 4.46. The van der Waals surface area contributed by atoms with E-state index in [0.717, 1.165) is 55.1 Å². The van der Waals surface area contributed by atoms with E-state index in [1.165, 1.54) is 0 Å². The highest BCUT2D eigenvalue weighted by Crippen LogP contribution is 2.29. The zero-order chi connectivity index (χ0) is 17.8. The highest BCUT2D eigenvalue weighted by atomic mass is 32.1. The van der Waals surface area contributed by atoms with E-state index >= 15 is 0 Å². The maximum Gasteiger partial charge on any atom is 0.322 e. The molecular formula is C21H22N2O2S. The zero-order valence-corrected chi connectivity index (χ0v) is 15.4. The average molecular weight is 366 g/mol. The van der Waals surface area contributed by atoms with Crippen LogP contribution >= 0.6 is 11.3 Å². The Balaban J connectivity index is 1.42. The van der Waals surface area contributed by atoms with Gasteiger partial charge in [-0.15, -0.1) is 11.3 Å². The van der Waals surface area contributed by atoms with Crippen molar-refractivity contribution in [2.45, 2.75) is 25.3 Å². The number of thiophene rings is 1. The first-order valence-electron chi connectivity index (χ1n) is 9.09. The number of urea groups is 1. The number of anilines is 1. The van der Waals surface area contributed by atoms with Crippen molar-refractivity contribution >= 4 is 23.1 Å². The maximum atomic E-state index is 12.8. The van der Waals surface area contributed by atoms with Crippen molar-refractivity contribution in [1.82, 2.24) is 4.90 Å². The molecule has 134 valence electrons. The van der Waals surface area contributed by atoms with Crippen LogP contribution in [0.1, 0.15) is 29.7 Å². The molecule has 1 atom stereocenters. The number of ether oxygens (including phenoxy) is 1. The molecule has 4 nitrogen and oxygen atoms in total. The van der Waals surface area contributed by atoms with E-state index in [0.29, 0.717) is 12.0 Å². The Labute approximate surface area is 158 Å². The summed E-state index contributed by atoms with van der Waals surface area (Å²) >= 11 is 1.63. The smallest absolute Gasteiger partial charge is 0.322 e. The van der Waals surface area contributed by atoms with Gasteiger partial charge in [0.25, 0.3) is 0 Å². The number of amides is 2. The van der Waals surface area contributed by atoms with Crippen LogP contribution in [0.5, 0.6) is 0 Å². The van der Waals surface area contributed by atoms with Crippen LogP contribution in [0.15, 0.2) is 41.8 Å². The van der Waals surface area contributed by atoms with E-state index in [1.54, 1.807) is 11.3 Å². The molecule has 1 unspecified atom stereocenters. The minimum Gasteiger partial charge on any atom is -0.381 e. The molecule has 1 aromatic carbocycles. The van der Waals surface area contributed by atoms with Gasteiger partial charge < -0.3 is 15.0 Å². The number of nitrogens with zero attached hydrogens (tertiary/aromatic N) is 1. The Morgan fingerprint density at radius 3 is 2.88 bits per heavy atom. The van der Waals surface area contributed by atoms with Crippen LogP contribution < -0.4 is 5.32 Å². The van der Waals surface area contributed by atoms with Crippen molar-refractivity contribution in [1.29, 1.82) is 0 Å². The molecule has 4 rings (SSSR count). The number of hydrogen-bond acceptors (Lipinski definition) is 3. The molecule has 0 radical (unpaired) electrons. The van der Waals surface area contributed by atoms with Crippen molar-refractivity contribution < 1.29 is 9.53 Å². The van der Waals surface area contributed by atoms with Crippen LogP contribution in [0.25, 0.3) is 0 Å². The van der Waals surface area contributed by atoms with Crippen molar-refractivity contribution in [3.8, 4) is 11.8 Å². The van der Waals surface area contributed by atoms with Crippen LogP contribution in [0.2, 0.25) is 0 Å². The van der Waals surface area contributed by atoms with E-state index in [2.05, 4.69) is 17.2 Å². The highest BCUT2D eigenvalue weighted by molar-refractivity contribution is 7.10. The molecule has 1 aliphatic heterocycles. The second-order valence-electron chi connectivity index (χ2n) is 6.85. The SMILES string of the molecule is O=C(Nc1cccc(C#Cc2cccs2)c1)N(CC1CCOC1)C1CC1. The number of carbonyl (C=O) groups is 1. The van der Waals surface area contributed by atoms with E-state index in [9.17, 15) is 4.79 Å². The van der Waals surface area contributed by atoms with Crippen molar-refractivity contribution in [2.75, 3.05) is 25.1 Å². The van der Waals surface area contributed by atoms with Gasteiger partial charge >= 0.3 is 6.03 Å². The number of nitrogens with one attached hydrogen (secondary N) is 1. The van der Waals surface area contributed by atoms with Gasteiger partial charge in [-0.2, -0.15) is 0 Å². The lowest BCUT2D eigenvalue weighted by atomic mass is 10.1. The molecule has 2 fully saturated rings. The number of hydrogen-bond donors (Lipinski definition) is 1. The predicted molar refractivity (Wildman–Crippen MR) is 104 cm³/mol. The van der Waals surface area contributed by atoms with Crippen molar-refractivity contribution in [3.63, 3.8) is 0 Å². The first kappa shape index (κ1) is 17.1. The lowest BCUT2D eigenvalue weighted by molar-refractivity contribution is 0.167. The Morgan fingerprint density at radius 1 is 1.23 bits per heavy atom. The molecular weight excluding hydrogens is 344 g/mol. The molecule has 1 saturated heterocycles. The second kappa shape index (κ2) is 7.94. The van der Waals surface area contributed by atoms with Gasteiger partial charge in [-0.25, -0.2) is 4.79 Å². The van der Waals surface area contributed by atoms with Crippen LogP contribution in [-0.4, -0.2) is 36.7 Å². The summed E-state index contributed by atoms with van der Waals surface area (Å²) in [5.74, 6) is 6.78. The Morgan fingerprint density at radius 2 is 2.15 bits per heavy atom. The van der Waals surface area contributed by atoms with Crippen LogP contribution in [0.3, 0.4) is 0 Å². The van der Waals surface area contributed by atoms with Crippen LogP contribution in [0, 0.1) is 17.8 Å². The normalized spacial score (nSPS) is 18.8. The van der Waals surface area contributed by atoms with Crippen molar-refractivity contribution in [3.05, 3.63) is 52.2 Å². The van der Waals surface area contributed by atoms with E-state index in [-0.39, 0.29) is 6.03 Å². The summed E-state index contributed by atoms with van der Waals surface area (Å²) in [4.78, 5) is 15.8. The quantitative estimate of drug-likeness (QED) is 0.825. The van der Waals surface area contributed by atoms with Gasteiger partial charge in [0.1, 0.15) is 0 Å². The third-order valence-corrected chi connectivity index (χ3v) is 5.48. The summed E-state index contributed by atoms with van der Waals surface area (Å²) in [5.41, 5.74) is 1.69. The van der Waals surface area contributed by atoms with Gasteiger partial charge in [-0.3, -0.25) is 0 Å². The molecule has 1 saturated carbocycles. The van der Waals surface area contributed by atoms with Crippen LogP contribution in [-0.2, 0) is 4.74 Å². The van der Waals surface area contributed by atoms with Crippen molar-refractivity contribution in [2.24, 2.45) is 5.92 Å². The van der Waals surface area contributed by atoms with E-state index in [1.807, 2.05) is 46.7 Å². The fraction of sp³-hybridized carbons (Fsp3) is 0.381. The minimum atomic E-state index is -0.0113. The third-order valence-electron chi connectivity index (χ3n) is 4.69. The summed E-state index contributed by atoms with van der Waals surface area (Å²) in [6.07, 6.45) is 3.25. The lowest BCUT2D eigenvalue weighted by Gasteiger charge is -2.25. The topological polar surface area (TPSA) is 41.6 Å². The number of rotatable bonds is 4. The maximum absolute atomic E-state index is 12.8. The van der Waals surface area contributed by atoms with E-state index < -0.39 is 0 Å². The Hall–Kier alpha value is -2.29. The number of benzene rings is 1. The van der Waals surface area contributed by atoms with Gasteiger partial charge in [-0.1, -0.05) is 24.0 Å². The molecule has 5 heteroatoms. The molecule has 1 aliphatic carbocycles. The van der Waals surface area contributed by atoms with Gasteiger partial charge in [0.15, 0.2) is 0 Å². The van der Waals surface area contributed by atoms with E-state index in [4.69, 9.17) is 4.74 Å². The molecule has 2 aliphatic rings. The zero-order valence-electron chi connectivity index (χ0n) is 14.6. The van der Waals surface area contributed by atoms with Gasteiger partial charge in [-0.05, 0) is 48.9 Å². The van der Waals surface area contributed by atoms with Gasteiger partial charge in [0, 0.05) is 36.4 Å². The molecule has 2 amide bonds. The lowest BCUT2D eigenvalue weighted by Crippen LogP contribution is -2.40. The largest absolute Gasteiger partial charge is 0.381 e. The predicted octanol–water partition coefficient (Wildman–Crippen LogP) is 4.18. The second-order valence-corrected chi connectivity index (χ2v) is 7.80. The molecule has 0 spiro atoms. The summed E-state index contributed by atoms with van der Waals surface area (Å²) in [5, 5.41) is 5.07. The van der Waals surface area contributed by atoms with Crippen LogP contribution in [0.4, 0.5) is 10.5 Å². The molecule has 1 N–H and O–H groups in total. The first-order valence-corrected chi connectivity index (χ1v) is 9.97. The summed E-state index contributed by atoms with van der Waals surface area (Å²) in [6.45, 7) is 2.37. The standard InChI is InChI=1S/C21H22N2O2S/c24-21(23(19-7-8-19)14-17-10-11-25-15-17)22-18-4-1-3-16(13-18)6-9-20-5-2-12-26-20/h1-5,12-13,17,19H,7-8,10-11,14-15H2,(H,22,24). The molecule has 2 heterocycles. The summed E-state index contributed by atoms with van der Waals surface area (Å²) in [6, 6.07) is 12.1. The fourth-order valence-corrected chi connectivity index (χ4v) is 3.71. The average Bonchev–Trinajstić information content (AvgIpc) is 3.12. The first-order chi connectivity index (χ1) is 12.8.